The van der Waals surface area contributed by atoms with E-state index in [-0.39, 0.29) is 51.4 Å². The Bertz CT molecular complexity index is 385. The summed E-state index contributed by atoms with van der Waals surface area (Å²) in [5.74, 6) is 0. The molecule has 0 saturated carbocycles. The van der Waals surface area contributed by atoms with Crippen molar-refractivity contribution in [3.63, 3.8) is 0 Å². The molecule has 25 heavy (non-hydrogen) atoms. The molecule has 0 aromatic heterocycles. The van der Waals surface area contributed by atoms with Crippen LogP contribution in [0.25, 0.3) is 0 Å². The van der Waals surface area contributed by atoms with E-state index in [4.69, 9.17) is 0 Å². The first-order valence-electron chi connectivity index (χ1n) is 9.76. The molecule has 4 nitrogen and oxygen atoms in total. The zero-order valence-corrected chi connectivity index (χ0v) is 20.4. The first-order valence-corrected chi connectivity index (χ1v) is 11.1. The third-order valence-corrected chi connectivity index (χ3v) is 4.83. The molecule has 144 valence electrons. The molecule has 0 aromatic rings. The van der Waals surface area contributed by atoms with Gasteiger partial charge in [-0.05, 0) is 6.42 Å². The van der Waals surface area contributed by atoms with Crippen molar-refractivity contribution in [1.82, 2.24) is 0 Å². The Balaban J connectivity index is 0. The van der Waals surface area contributed by atoms with Gasteiger partial charge >= 0.3 is 51.4 Å². The Morgan fingerprint density at radius 2 is 1.20 bits per heavy atom. The summed E-state index contributed by atoms with van der Waals surface area (Å²) in [4.78, 5) is 0. The van der Waals surface area contributed by atoms with E-state index < -0.39 is 16.5 Å². The Morgan fingerprint density at radius 1 is 0.840 bits per heavy atom. The van der Waals surface area contributed by atoms with Crippen molar-refractivity contribution in [1.29, 1.82) is 0 Å². The Hall–Kier alpha value is 1.25. The first kappa shape index (κ1) is 28.5. The van der Waals surface area contributed by atoms with E-state index >= 15 is 0 Å². The Labute approximate surface area is 198 Å². The van der Waals surface area contributed by atoms with Crippen molar-refractivity contribution in [2.24, 2.45) is 0 Å². The van der Waals surface area contributed by atoms with E-state index in [2.05, 4.69) is 17.7 Å². The molecule has 0 N–H and O–H groups in total. The molecule has 0 aliphatic carbocycles. The summed E-state index contributed by atoms with van der Waals surface area (Å²) in [7, 11) is -4.63. The summed E-state index contributed by atoms with van der Waals surface area (Å²) in [6, 6.07) is 0. The molecular weight excluding hydrogens is 363 g/mol. The van der Waals surface area contributed by atoms with Gasteiger partial charge in [0.05, 0.1) is 6.10 Å². The maximum absolute atomic E-state index is 10.5. The smallest absolute Gasteiger partial charge is 0.726 e. The van der Waals surface area contributed by atoms with Crippen LogP contribution >= 0.6 is 0 Å². The molecule has 0 radical (unpaired) electrons. The standard InChI is InChI=1S/C19H38O4S.K/c1-3-5-6-7-8-9-10-11-12-13-14-15-16-17-18-19(4-2)23-24(20,21)22;/h4,19H,2-3,5-18H2,1H3,(H,20,21,22);/q;+1/p-1. The van der Waals surface area contributed by atoms with Gasteiger partial charge in [0.25, 0.3) is 0 Å². The van der Waals surface area contributed by atoms with Crippen LogP contribution in [0.15, 0.2) is 12.7 Å². The van der Waals surface area contributed by atoms with Crippen molar-refractivity contribution in [3.05, 3.63) is 12.7 Å². The fourth-order valence-corrected chi connectivity index (χ4v) is 3.37. The van der Waals surface area contributed by atoms with Crippen LogP contribution in [-0.4, -0.2) is 19.1 Å². The zero-order chi connectivity index (χ0) is 18.1. The molecule has 0 aliphatic heterocycles. The van der Waals surface area contributed by atoms with E-state index in [1.807, 2.05) is 0 Å². The summed E-state index contributed by atoms with van der Waals surface area (Å²) >= 11 is 0. The van der Waals surface area contributed by atoms with Crippen molar-refractivity contribution in [2.45, 2.75) is 109 Å². The molecule has 0 fully saturated rings. The van der Waals surface area contributed by atoms with Gasteiger partial charge in [-0.2, -0.15) is 0 Å². The topological polar surface area (TPSA) is 66.4 Å². The summed E-state index contributed by atoms with van der Waals surface area (Å²) in [6.07, 6.45) is 19.2. The second-order valence-electron chi connectivity index (χ2n) is 6.66. The fraction of sp³-hybridized carbons (Fsp3) is 0.895. The second kappa shape index (κ2) is 20.0. The van der Waals surface area contributed by atoms with Gasteiger partial charge in [0.1, 0.15) is 0 Å². The number of hydrogen-bond donors (Lipinski definition) is 0. The van der Waals surface area contributed by atoms with Gasteiger partial charge in [0, 0.05) is 0 Å². The molecule has 1 unspecified atom stereocenters. The average molecular weight is 401 g/mol. The van der Waals surface area contributed by atoms with Crippen molar-refractivity contribution in [2.75, 3.05) is 0 Å². The molecule has 0 aliphatic rings. The largest absolute Gasteiger partial charge is 1.00 e. The second-order valence-corrected chi connectivity index (χ2v) is 7.67. The minimum absolute atomic E-state index is 0. The van der Waals surface area contributed by atoms with Crippen molar-refractivity contribution < 1.29 is 68.5 Å². The minimum Gasteiger partial charge on any atom is -0.726 e. The minimum atomic E-state index is -4.63. The zero-order valence-electron chi connectivity index (χ0n) is 16.5. The maximum atomic E-state index is 10.5. The van der Waals surface area contributed by atoms with Crippen LogP contribution in [0, 0.1) is 0 Å². The van der Waals surface area contributed by atoms with Gasteiger partial charge in [0.2, 0.25) is 10.4 Å². The molecule has 0 spiro atoms. The monoisotopic (exact) mass is 400 g/mol. The molecule has 0 heterocycles. The van der Waals surface area contributed by atoms with Gasteiger partial charge in [-0.3, -0.25) is 4.18 Å². The number of hydrogen-bond acceptors (Lipinski definition) is 4. The summed E-state index contributed by atoms with van der Waals surface area (Å²) < 4.78 is 36.0. The van der Waals surface area contributed by atoms with Gasteiger partial charge in [0.15, 0.2) is 0 Å². The molecule has 6 heteroatoms. The van der Waals surface area contributed by atoms with Gasteiger partial charge < -0.3 is 4.55 Å². The van der Waals surface area contributed by atoms with E-state index in [0.717, 1.165) is 19.3 Å². The van der Waals surface area contributed by atoms with Crippen LogP contribution in [0.1, 0.15) is 103 Å². The van der Waals surface area contributed by atoms with E-state index in [9.17, 15) is 13.0 Å². The van der Waals surface area contributed by atoms with Gasteiger partial charge in [-0.1, -0.05) is 103 Å². The normalized spacial score (nSPS) is 12.6. The van der Waals surface area contributed by atoms with E-state index in [1.165, 1.54) is 76.7 Å². The molecule has 0 rings (SSSR count). The van der Waals surface area contributed by atoms with Crippen molar-refractivity contribution in [3.8, 4) is 0 Å². The van der Waals surface area contributed by atoms with Crippen LogP contribution in [0.2, 0.25) is 0 Å². The van der Waals surface area contributed by atoms with Gasteiger partial charge in [-0.15, -0.1) is 6.58 Å². The average Bonchev–Trinajstić information content (AvgIpc) is 2.53. The predicted molar refractivity (Wildman–Crippen MR) is 99.7 cm³/mol. The SMILES string of the molecule is C=CC(CCCCCCCCCCCCCCCC)OS(=O)(=O)[O-].[K+]. The van der Waals surface area contributed by atoms with Crippen LogP contribution in [0.5, 0.6) is 0 Å². The van der Waals surface area contributed by atoms with Crippen molar-refractivity contribution >= 4 is 10.4 Å². The third kappa shape index (κ3) is 23.2. The van der Waals surface area contributed by atoms with E-state index in [1.54, 1.807) is 0 Å². The predicted octanol–water partition coefficient (Wildman–Crippen LogP) is 2.89. The molecule has 1 atom stereocenters. The van der Waals surface area contributed by atoms with E-state index in [0.29, 0.717) is 6.42 Å². The van der Waals surface area contributed by atoms with Crippen LogP contribution < -0.4 is 51.4 Å². The van der Waals surface area contributed by atoms with Crippen LogP contribution in [0.4, 0.5) is 0 Å². The molecular formula is C19H37KO4S. The summed E-state index contributed by atoms with van der Waals surface area (Å²) in [6.45, 7) is 5.75. The Morgan fingerprint density at radius 3 is 1.52 bits per heavy atom. The quantitative estimate of drug-likeness (QED) is 0.117. The third-order valence-electron chi connectivity index (χ3n) is 4.35. The van der Waals surface area contributed by atoms with Crippen LogP contribution in [0.3, 0.4) is 0 Å². The molecule has 0 saturated heterocycles. The van der Waals surface area contributed by atoms with Gasteiger partial charge in [-0.25, -0.2) is 8.42 Å². The molecule has 0 bridgehead atoms. The summed E-state index contributed by atoms with van der Waals surface area (Å²) in [5, 5.41) is 0. The van der Waals surface area contributed by atoms with Crippen LogP contribution in [-0.2, 0) is 14.6 Å². The number of rotatable bonds is 18. The molecule has 0 amide bonds. The maximum Gasteiger partial charge on any atom is 1.00 e. The first-order chi connectivity index (χ1) is 11.5. The summed E-state index contributed by atoms with van der Waals surface area (Å²) in [5.41, 5.74) is 0. The number of unbranched alkanes of at least 4 members (excludes halogenated alkanes) is 13. The molecule has 0 aromatic carbocycles. The Kier molecular flexibility index (Phi) is 22.8. The fourth-order valence-electron chi connectivity index (χ4n) is 2.90.